The number of nitrogens with one attached hydrogen (secondary N) is 2. The second-order valence-corrected chi connectivity index (χ2v) is 5.31. The predicted octanol–water partition coefficient (Wildman–Crippen LogP) is 2.32. The Balaban J connectivity index is 3.51. The first-order chi connectivity index (χ1) is 7.41. The summed E-state index contributed by atoms with van der Waals surface area (Å²) >= 11 is 0. The zero-order valence-corrected chi connectivity index (χ0v) is 11.5. The minimum atomic E-state index is 0.179. The van der Waals surface area contributed by atoms with Crippen molar-refractivity contribution < 1.29 is 4.79 Å². The number of carbonyl (C=O) groups is 1. The molecular weight excluding hydrogens is 200 g/mol. The molecule has 0 heterocycles. The molecule has 1 atom stereocenters. The van der Waals surface area contributed by atoms with Crippen molar-refractivity contribution in [3.05, 3.63) is 0 Å². The molecule has 0 aromatic heterocycles. The van der Waals surface area contributed by atoms with E-state index in [9.17, 15) is 4.79 Å². The first kappa shape index (κ1) is 15.4. The van der Waals surface area contributed by atoms with Crippen LogP contribution >= 0.6 is 0 Å². The Morgan fingerprint density at radius 3 is 2.25 bits per heavy atom. The maximum Gasteiger partial charge on any atom is 0.220 e. The molecule has 0 aromatic rings. The third kappa shape index (κ3) is 9.97. The van der Waals surface area contributed by atoms with Gasteiger partial charge in [-0.1, -0.05) is 27.7 Å². The molecule has 0 spiro atoms. The van der Waals surface area contributed by atoms with Crippen molar-refractivity contribution in [2.45, 2.75) is 66.0 Å². The average molecular weight is 228 g/mol. The molecule has 0 aromatic carbocycles. The standard InChI is InChI=1S/C13H28N2O/c1-10(2)9-12(5)15-13(16)7-6-8-14-11(3)4/h10-12,14H,6-9H2,1-5H3,(H,15,16). The largest absolute Gasteiger partial charge is 0.354 e. The fourth-order valence-corrected chi connectivity index (χ4v) is 1.75. The fourth-order valence-electron chi connectivity index (χ4n) is 1.75. The van der Waals surface area contributed by atoms with Crippen molar-refractivity contribution in [3.63, 3.8) is 0 Å². The van der Waals surface area contributed by atoms with Crippen molar-refractivity contribution in [2.24, 2.45) is 5.92 Å². The number of amides is 1. The van der Waals surface area contributed by atoms with Crippen LogP contribution in [0.1, 0.15) is 53.9 Å². The van der Waals surface area contributed by atoms with Crippen LogP contribution in [0.15, 0.2) is 0 Å². The molecule has 0 saturated carbocycles. The maximum atomic E-state index is 11.5. The third-order valence-electron chi connectivity index (χ3n) is 2.37. The van der Waals surface area contributed by atoms with Crippen LogP contribution in [-0.4, -0.2) is 24.5 Å². The summed E-state index contributed by atoms with van der Waals surface area (Å²) in [4.78, 5) is 11.5. The summed E-state index contributed by atoms with van der Waals surface area (Å²) in [6.45, 7) is 11.6. The highest BCUT2D eigenvalue weighted by atomic mass is 16.1. The van der Waals surface area contributed by atoms with E-state index >= 15 is 0 Å². The normalized spacial score (nSPS) is 13.2. The molecule has 3 nitrogen and oxygen atoms in total. The Kier molecular flexibility index (Phi) is 8.26. The summed E-state index contributed by atoms with van der Waals surface area (Å²) < 4.78 is 0. The maximum absolute atomic E-state index is 11.5. The van der Waals surface area contributed by atoms with E-state index in [1.165, 1.54) is 0 Å². The monoisotopic (exact) mass is 228 g/mol. The third-order valence-corrected chi connectivity index (χ3v) is 2.37. The van der Waals surface area contributed by atoms with Gasteiger partial charge < -0.3 is 10.6 Å². The van der Waals surface area contributed by atoms with Crippen LogP contribution < -0.4 is 10.6 Å². The lowest BCUT2D eigenvalue weighted by Gasteiger charge is -2.16. The lowest BCUT2D eigenvalue weighted by Crippen LogP contribution is -2.34. The van der Waals surface area contributed by atoms with Gasteiger partial charge in [0.2, 0.25) is 5.91 Å². The molecule has 0 aliphatic heterocycles. The average Bonchev–Trinajstić information content (AvgIpc) is 2.10. The van der Waals surface area contributed by atoms with Crippen LogP contribution in [-0.2, 0) is 4.79 Å². The first-order valence-electron chi connectivity index (χ1n) is 6.44. The van der Waals surface area contributed by atoms with Crippen molar-refractivity contribution in [2.75, 3.05) is 6.54 Å². The minimum Gasteiger partial charge on any atom is -0.354 e. The second-order valence-electron chi connectivity index (χ2n) is 5.31. The summed E-state index contributed by atoms with van der Waals surface area (Å²) in [5, 5.41) is 6.34. The van der Waals surface area contributed by atoms with Gasteiger partial charge in [-0.15, -0.1) is 0 Å². The van der Waals surface area contributed by atoms with Gasteiger partial charge in [0.25, 0.3) is 0 Å². The van der Waals surface area contributed by atoms with E-state index < -0.39 is 0 Å². The lowest BCUT2D eigenvalue weighted by atomic mass is 10.1. The van der Waals surface area contributed by atoms with E-state index in [0.29, 0.717) is 24.4 Å². The molecule has 1 amide bonds. The zero-order valence-electron chi connectivity index (χ0n) is 11.5. The van der Waals surface area contributed by atoms with Gasteiger partial charge in [-0.25, -0.2) is 0 Å². The second kappa shape index (κ2) is 8.57. The van der Waals surface area contributed by atoms with Gasteiger partial charge in [0.05, 0.1) is 0 Å². The fraction of sp³-hybridized carbons (Fsp3) is 0.923. The van der Waals surface area contributed by atoms with Crippen LogP contribution in [0.4, 0.5) is 0 Å². The van der Waals surface area contributed by atoms with E-state index in [4.69, 9.17) is 0 Å². The molecule has 0 aliphatic rings. The quantitative estimate of drug-likeness (QED) is 0.626. The smallest absolute Gasteiger partial charge is 0.220 e. The number of hydrogen-bond donors (Lipinski definition) is 2. The van der Waals surface area contributed by atoms with Gasteiger partial charge in [0.15, 0.2) is 0 Å². The van der Waals surface area contributed by atoms with E-state index in [1.54, 1.807) is 0 Å². The topological polar surface area (TPSA) is 41.1 Å². The predicted molar refractivity (Wildman–Crippen MR) is 69.4 cm³/mol. The van der Waals surface area contributed by atoms with E-state index in [-0.39, 0.29) is 5.91 Å². The molecule has 0 saturated heterocycles. The molecule has 2 N–H and O–H groups in total. The summed E-state index contributed by atoms with van der Waals surface area (Å²) in [6, 6.07) is 0.800. The molecule has 0 rings (SSSR count). The van der Waals surface area contributed by atoms with Gasteiger partial charge in [0, 0.05) is 18.5 Å². The van der Waals surface area contributed by atoms with Crippen molar-refractivity contribution in [1.29, 1.82) is 0 Å². The van der Waals surface area contributed by atoms with Crippen molar-refractivity contribution >= 4 is 5.91 Å². The zero-order chi connectivity index (χ0) is 12.6. The molecule has 0 aliphatic carbocycles. The van der Waals surface area contributed by atoms with Crippen LogP contribution in [0, 0.1) is 5.92 Å². The van der Waals surface area contributed by atoms with Crippen molar-refractivity contribution in [1.82, 2.24) is 10.6 Å². The SMILES string of the molecule is CC(C)CC(C)NC(=O)CCCNC(C)C. The Morgan fingerprint density at radius 2 is 1.75 bits per heavy atom. The van der Waals surface area contributed by atoms with E-state index in [1.807, 2.05) is 0 Å². The Hall–Kier alpha value is -0.570. The van der Waals surface area contributed by atoms with Crippen LogP contribution in [0.5, 0.6) is 0 Å². The van der Waals surface area contributed by atoms with Gasteiger partial charge in [-0.05, 0) is 32.2 Å². The van der Waals surface area contributed by atoms with Gasteiger partial charge in [-0.2, -0.15) is 0 Å². The lowest BCUT2D eigenvalue weighted by molar-refractivity contribution is -0.121. The Morgan fingerprint density at radius 1 is 1.12 bits per heavy atom. The number of hydrogen-bond acceptors (Lipinski definition) is 2. The van der Waals surface area contributed by atoms with Gasteiger partial charge in [0.1, 0.15) is 0 Å². The first-order valence-corrected chi connectivity index (χ1v) is 6.44. The molecule has 0 fully saturated rings. The molecular formula is C13H28N2O. The molecule has 1 unspecified atom stereocenters. The van der Waals surface area contributed by atoms with Crippen molar-refractivity contribution in [3.8, 4) is 0 Å². The highest BCUT2D eigenvalue weighted by Gasteiger charge is 2.08. The summed E-state index contributed by atoms with van der Waals surface area (Å²) in [5.41, 5.74) is 0. The van der Waals surface area contributed by atoms with Crippen LogP contribution in [0.3, 0.4) is 0 Å². The van der Waals surface area contributed by atoms with E-state index in [0.717, 1.165) is 19.4 Å². The summed E-state index contributed by atoms with van der Waals surface area (Å²) in [6.07, 6.45) is 2.59. The highest BCUT2D eigenvalue weighted by Crippen LogP contribution is 2.04. The Bertz CT molecular complexity index is 190. The van der Waals surface area contributed by atoms with Crippen LogP contribution in [0.2, 0.25) is 0 Å². The van der Waals surface area contributed by atoms with Crippen LogP contribution in [0.25, 0.3) is 0 Å². The molecule has 16 heavy (non-hydrogen) atoms. The Labute approximate surface area is 100 Å². The van der Waals surface area contributed by atoms with E-state index in [2.05, 4.69) is 45.3 Å². The summed E-state index contributed by atoms with van der Waals surface area (Å²) in [7, 11) is 0. The van der Waals surface area contributed by atoms with Gasteiger partial charge in [-0.3, -0.25) is 4.79 Å². The highest BCUT2D eigenvalue weighted by molar-refractivity contribution is 5.76. The number of carbonyl (C=O) groups excluding carboxylic acids is 1. The molecule has 3 heteroatoms. The minimum absolute atomic E-state index is 0.179. The molecule has 0 bridgehead atoms. The van der Waals surface area contributed by atoms with Gasteiger partial charge >= 0.3 is 0 Å². The molecule has 0 radical (unpaired) electrons. The summed E-state index contributed by atoms with van der Waals surface area (Å²) in [5.74, 6) is 0.816. The molecule has 96 valence electrons. The number of rotatable bonds is 8.